The maximum atomic E-state index is 11.1. The summed E-state index contributed by atoms with van der Waals surface area (Å²) in [6, 6.07) is 0.574. The molecule has 0 aromatic carbocycles. The Hall–Kier alpha value is -0.410. The predicted molar refractivity (Wildman–Crippen MR) is 56.4 cm³/mol. The molecule has 0 spiro atoms. The number of rotatable bonds is 4. The van der Waals surface area contributed by atoms with Gasteiger partial charge >= 0.3 is 0 Å². The van der Waals surface area contributed by atoms with E-state index in [1.165, 1.54) is 0 Å². The van der Waals surface area contributed by atoms with Gasteiger partial charge in [-0.15, -0.1) is 0 Å². The zero-order valence-electron chi connectivity index (χ0n) is 9.45. The number of hydrogen-bond donors (Lipinski definition) is 0. The number of likely N-dealkylation sites (N-methyl/N-ethyl adjacent to an activating group) is 1. The molecule has 14 heavy (non-hydrogen) atoms. The first kappa shape index (κ1) is 11.7. The fourth-order valence-electron chi connectivity index (χ4n) is 1.99. The normalized spacial score (nSPS) is 21.6. The number of nitrogens with zero attached hydrogens (tertiary/aromatic N) is 1. The number of carbonyl (C=O) groups excluding carboxylic acids is 1. The van der Waals surface area contributed by atoms with Crippen molar-refractivity contribution in [1.82, 2.24) is 4.90 Å². The van der Waals surface area contributed by atoms with Crippen LogP contribution in [0.1, 0.15) is 32.6 Å². The summed E-state index contributed by atoms with van der Waals surface area (Å²) in [5, 5.41) is 0. The van der Waals surface area contributed by atoms with Crippen LogP contribution in [-0.2, 0) is 9.53 Å². The molecule has 1 fully saturated rings. The fraction of sp³-hybridized carbons (Fsp3) is 0.909. The van der Waals surface area contributed by atoms with E-state index in [-0.39, 0.29) is 6.10 Å². The van der Waals surface area contributed by atoms with Gasteiger partial charge in [0.15, 0.2) is 0 Å². The molecule has 0 heterocycles. The SMILES string of the molecule is COC(C)CN(C)C1CCC(=O)CC1. The molecule has 1 rings (SSSR count). The Bertz CT molecular complexity index is 184. The van der Waals surface area contributed by atoms with Crippen molar-refractivity contribution in [3.05, 3.63) is 0 Å². The van der Waals surface area contributed by atoms with Gasteiger partial charge < -0.3 is 9.64 Å². The maximum absolute atomic E-state index is 11.1. The van der Waals surface area contributed by atoms with Gasteiger partial charge in [0, 0.05) is 32.5 Å². The van der Waals surface area contributed by atoms with Crippen LogP contribution in [0.2, 0.25) is 0 Å². The van der Waals surface area contributed by atoms with Crippen LogP contribution in [0.15, 0.2) is 0 Å². The van der Waals surface area contributed by atoms with Crippen molar-refractivity contribution in [2.24, 2.45) is 0 Å². The number of Topliss-reactive ketones (excluding diaryl/α,β-unsaturated/α-hetero) is 1. The third-order valence-corrected chi connectivity index (χ3v) is 3.08. The van der Waals surface area contributed by atoms with Crippen LogP contribution in [0.3, 0.4) is 0 Å². The van der Waals surface area contributed by atoms with E-state index >= 15 is 0 Å². The molecule has 0 aromatic rings. The zero-order chi connectivity index (χ0) is 10.6. The van der Waals surface area contributed by atoms with E-state index in [9.17, 15) is 4.79 Å². The third kappa shape index (κ3) is 3.39. The Morgan fingerprint density at radius 3 is 2.57 bits per heavy atom. The third-order valence-electron chi connectivity index (χ3n) is 3.08. The maximum Gasteiger partial charge on any atom is 0.133 e. The molecule has 1 aliphatic rings. The molecule has 0 amide bonds. The lowest BCUT2D eigenvalue weighted by molar-refractivity contribution is -0.121. The molecule has 82 valence electrons. The molecule has 0 N–H and O–H groups in total. The van der Waals surface area contributed by atoms with Gasteiger partial charge in [-0.05, 0) is 26.8 Å². The molecule has 0 bridgehead atoms. The molecule has 1 aliphatic carbocycles. The molecule has 3 nitrogen and oxygen atoms in total. The second-order valence-corrected chi connectivity index (χ2v) is 4.26. The Balaban J connectivity index is 2.30. The first-order valence-corrected chi connectivity index (χ1v) is 5.38. The second-order valence-electron chi connectivity index (χ2n) is 4.26. The summed E-state index contributed by atoms with van der Waals surface area (Å²) >= 11 is 0. The standard InChI is InChI=1S/C11H21NO2/c1-9(14-3)8-12(2)10-4-6-11(13)7-5-10/h9-10H,4-8H2,1-3H3. The molecule has 1 unspecified atom stereocenters. The van der Waals surface area contributed by atoms with Crippen LogP contribution in [0.5, 0.6) is 0 Å². The predicted octanol–water partition coefficient (Wildman–Crippen LogP) is 1.46. The van der Waals surface area contributed by atoms with Gasteiger partial charge in [-0.2, -0.15) is 0 Å². The monoisotopic (exact) mass is 199 g/mol. The van der Waals surface area contributed by atoms with Crippen molar-refractivity contribution in [2.45, 2.75) is 44.8 Å². The van der Waals surface area contributed by atoms with E-state index in [0.717, 1.165) is 32.2 Å². The smallest absolute Gasteiger partial charge is 0.133 e. The van der Waals surface area contributed by atoms with Crippen molar-refractivity contribution >= 4 is 5.78 Å². The molecular weight excluding hydrogens is 178 g/mol. The molecule has 0 aliphatic heterocycles. The number of ether oxygens (including phenoxy) is 1. The van der Waals surface area contributed by atoms with Crippen molar-refractivity contribution in [1.29, 1.82) is 0 Å². The summed E-state index contributed by atoms with van der Waals surface area (Å²) in [5.74, 6) is 0.425. The Kier molecular flexibility index (Phi) is 4.55. The molecule has 0 saturated heterocycles. The Labute approximate surface area is 86.4 Å². The average molecular weight is 199 g/mol. The van der Waals surface area contributed by atoms with E-state index < -0.39 is 0 Å². The second kappa shape index (κ2) is 5.47. The summed E-state index contributed by atoms with van der Waals surface area (Å²) in [6.45, 7) is 3.03. The van der Waals surface area contributed by atoms with E-state index in [4.69, 9.17) is 4.74 Å². The molecule has 3 heteroatoms. The van der Waals surface area contributed by atoms with Crippen molar-refractivity contribution in [2.75, 3.05) is 20.7 Å². The molecule has 0 aromatic heterocycles. The summed E-state index contributed by atoms with van der Waals surface area (Å²) in [6.07, 6.45) is 3.84. The first-order valence-electron chi connectivity index (χ1n) is 5.38. The zero-order valence-corrected chi connectivity index (χ0v) is 9.45. The lowest BCUT2D eigenvalue weighted by atomic mass is 9.93. The summed E-state index contributed by atoms with van der Waals surface area (Å²) in [5.41, 5.74) is 0. The summed E-state index contributed by atoms with van der Waals surface area (Å²) in [7, 11) is 3.86. The Morgan fingerprint density at radius 1 is 1.50 bits per heavy atom. The fourth-order valence-corrected chi connectivity index (χ4v) is 1.99. The van der Waals surface area contributed by atoms with E-state index in [2.05, 4.69) is 18.9 Å². The van der Waals surface area contributed by atoms with E-state index in [1.54, 1.807) is 7.11 Å². The van der Waals surface area contributed by atoms with Crippen LogP contribution in [-0.4, -0.2) is 43.5 Å². The highest BCUT2D eigenvalue weighted by Crippen LogP contribution is 2.19. The minimum atomic E-state index is 0.276. The molecular formula is C11H21NO2. The van der Waals surface area contributed by atoms with Gasteiger partial charge in [-0.25, -0.2) is 0 Å². The summed E-state index contributed by atoms with van der Waals surface area (Å²) < 4.78 is 5.22. The molecule has 1 saturated carbocycles. The number of methoxy groups -OCH3 is 1. The molecule has 1 atom stereocenters. The topological polar surface area (TPSA) is 29.5 Å². The van der Waals surface area contributed by atoms with Gasteiger partial charge in [0.05, 0.1) is 6.10 Å². The highest BCUT2D eigenvalue weighted by Gasteiger charge is 2.22. The van der Waals surface area contributed by atoms with Crippen LogP contribution < -0.4 is 0 Å². The molecule has 0 radical (unpaired) electrons. The number of ketones is 1. The van der Waals surface area contributed by atoms with Gasteiger partial charge in [0.25, 0.3) is 0 Å². The lowest BCUT2D eigenvalue weighted by Crippen LogP contribution is -2.39. The number of carbonyl (C=O) groups is 1. The van der Waals surface area contributed by atoms with Crippen molar-refractivity contribution < 1.29 is 9.53 Å². The van der Waals surface area contributed by atoms with E-state index in [0.29, 0.717) is 11.8 Å². The highest BCUT2D eigenvalue weighted by atomic mass is 16.5. The van der Waals surface area contributed by atoms with Gasteiger partial charge in [0.1, 0.15) is 5.78 Å². The largest absolute Gasteiger partial charge is 0.380 e. The van der Waals surface area contributed by atoms with Crippen LogP contribution in [0.25, 0.3) is 0 Å². The highest BCUT2D eigenvalue weighted by molar-refractivity contribution is 5.79. The van der Waals surface area contributed by atoms with Crippen LogP contribution >= 0.6 is 0 Å². The minimum absolute atomic E-state index is 0.276. The quantitative estimate of drug-likeness (QED) is 0.686. The van der Waals surface area contributed by atoms with Crippen LogP contribution in [0, 0.1) is 0 Å². The number of hydrogen-bond acceptors (Lipinski definition) is 3. The summed E-state index contributed by atoms with van der Waals surface area (Å²) in [4.78, 5) is 13.4. The minimum Gasteiger partial charge on any atom is -0.380 e. The van der Waals surface area contributed by atoms with Crippen molar-refractivity contribution in [3.8, 4) is 0 Å². The van der Waals surface area contributed by atoms with Gasteiger partial charge in [0.2, 0.25) is 0 Å². The van der Waals surface area contributed by atoms with Gasteiger partial charge in [-0.3, -0.25) is 4.79 Å². The Morgan fingerprint density at radius 2 is 2.07 bits per heavy atom. The van der Waals surface area contributed by atoms with Crippen molar-refractivity contribution in [3.63, 3.8) is 0 Å². The van der Waals surface area contributed by atoms with Gasteiger partial charge in [-0.1, -0.05) is 0 Å². The average Bonchev–Trinajstić information content (AvgIpc) is 2.18. The first-order chi connectivity index (χ1) is 6.63. The van der Waals surface area contributed by atoms with Crippen LogP contribution in [0.4, 0.5) is 0 Å². The lowest BCUT2D eigenvalue weighted by Gasteiger charge is -2.32. The van der Waals surface area contributed by atoms with E-state index in [1.807, 2.05) is 0 Å².